The smallest absolute Gasteiger partial charge is 0.275 e. The van der Waals surface area contributed by atoms with Gasteiger partial charge in [0.2, 0.25) is 0 Å². The van der Waals surface area contributed by atoms with Gasteiger partial charge in [0.05, 0.1) is 11.0 Å². The number of benzene rings is 2. The van der Waals surface area contributed by atoms with Crippen LogP contribution in [0.15, 0.2) is 53.5 Å². The van der Waals surface area contributed by atoms with Crippen molar-refractivity contribution in [3.05, 3.63) is 64.6 Å². The van der Waals surface area contributed by atoms with E-state index in [0.717, 1.165) is 46.0 Å². The van der Waals surface area contributed by atoms with Crippen molar-refractivity contribution in [1.82, 2.24) is 14.5 Å². The summed E-state index contributed by atoms with van der Waals surface area (Å²) in [5.41, 5.74) is 10.6. The topological polar surface area (TPSA) is 76.7 Å². The molecule has 2 heterocycles. The second-order valence-electron chi connectivity index (χ2n) is 6.33. The van der Waals surface area contributed by atoms with Gasteiger partial charge in [0.25, 0.3) is 5.56 Å². The predicted molar refractivity (Wildman–Crippen MR) is 102 cm³/mol. The van der Waals surface area contributed by atoms with Crippen molar-refractivity contribution >= 4 is 21.9 Å². The monoisotopic (exact) mass is 332 g/mol. The first-order valence-corrected chi connectivity index (χ1v) is 8.46. The fraction of sp³-hybridized carbons (Fsp3) is 0.200. The minimum atomic E-state index is -0.168. The first-order chi connectivity index (χ1) is 12.2. The standard InChI is InChI=1S/C20H20N4O/c1-13-7-8-16-17(11-13)22-19(20(25)23-16)15-12-24(10-4-9-21)18-6-3-2-5-14(15)18/h2-3,5-8,11-12H,4,9-10,21H2,1H3,(H,23,25). The minimum absolute atomic E-state index is 0.168. The van der Waals surface area contributed by atoms with Crippen LogP contribution >= 0.6 is 0 Å². The molecule has 4 aromatic rings. The Bertz CT molecular complexity index is 1120. The van der Waals surface area contributed by atoms with E-state index in [-0.39, 0.29) is 5.56 Å². The number of fused-ring (bicyclic) bond motifs is 2. The van der Waals surface area contributed by atoms with Gasteiger partial charge in [-0.25, -0.2) is 4.98 Å². The summed E-state index contributed by atoms with van der Waals surface area (Å²) >= 11 is 0. The lowest BCUT2D eigenvalue weighted by atomic mass is 10.1. The Morgan fingerprint density at radius 3 is 2.88 bits per heavy atom. The molecule has 0 atom stereocenters. The Balaban J connectivity index is 1.96. The van der Waals surface area contributed by atoms with Gasteiger partial charge in [-0.1, -0.05) is 24.3 Å². The number of aryl methyl sites for hydroxylation is 2. The first kappa shape index (κ1) is 15.6. The van der Waals surface area contributed by atoms with Crippen LogP contribution in [-0.2, 0) is 6.54 Å². The quantitative estimate of drug-likeness (QED) is 0.602. The van der Waals surface area contributed by atoms with Gasteiger partial charge in [-0.2, -0.15) is 0 Å². The highest BCUT2D eigenvalue weighted by Crippen LogP contribution is 2.28. The number of nitrogens with zero attached hydrogens (tertiary/aromatic N) is 2. The number of nitrogens with two attached hydrogens (primary N) is 1. The summed E-state index contributed by atoms with van der Waals surface area (Å²) in [5, 5.41) is 1.03. The first-order valence-electron chi connectivity index (χ1n) is 8.46. The molecular weight excluding hydrogens is 312 g/mol. The Kier molecular flexibility index (Phi) is 3.86. The van der Waals surface area contributed by atoms with Crippen LogP contribution < -0.4 is 11.3 Å². The van der Waals surface area contributed by atoms with Crippen LogP contribution in [0.5, 0.6) is 0 Å². The van der Waals surface area contributed by atoms with Crippen molar-refractivity contribution in [1.29, 1.82) is 0 Å². The highest BCUT2D eigenvalue weighted by molar-refractivity contribution is 5.95. The molecule has 126 valence electrons. The van der Waals surface area contributed by atoms with Crippen LogP contribution in [-0.4, -0.2) is 21.1 Å². The number of rotatable bonds is 4. The molecule has 3 N–H and O–H groups in total. The molecule has 0 radical (unpaired) electrons. The Hall–Kier alpha value is -2.92. The maximum Gasteiger partial charge on any atom is 0.275 e. The summed E-state index contributed by atoms with van der Waals surface area (Å²) in [6, 6.07) is 13.9. The number of H-pyrrole nitrogens is 1. The van der Waals surface area contributed by atoms with Crippen LogP contribution in [0.4, 0.5) is 0 Å². The van der Waals surface area contributed by atoms with E-state index in [1.807, 2.05) is 49.5 Å². The van der Waals surface area contributed by atoms with Gasteiger partial charge in [0.1, 0.15) is 5.69 Å². The van der Waals surface area contributed by atoms with Gasteiger partial charge >= 0.3 is 0 Å². The van der Waals surface area contributed by atoms with E-state index >= 15 is 0 Å². The zero-order valence-electron chi connectivity index (χ0n) is 14.1. The molecule has 0 bridgehead atoms. The normalized spacial score (nSPS) is 11.4. The van der Waals surface area contributed by atoms with Crippen LogP contribution in [0.1, 0.15) is 12.0 Å². The average Bonchev–Trinajstić information content (AvgIpc) is 2.98. The highest BCUT2D eigenvalue weighted by Gasteiger charge is 2.15. The van der Waals surface area contributed by atoms with Crippen molar-refractivity contribution in [3.63, 3.8) is 0 Å². The van der Waals surface area contributed by atoms with Crippen LogP contribution in [0.3, 0.4) is 0 Å². The summed E-state index contributed by atoms with van der Waals surface area (Å²) in [4.78, 5) is 20.3. The molecule has 0 amide bonds. The Morgan fingerprint density at radius 1 is 1.20 bits per heavy atom. The fourth-order valence-electron chi connectivity index (χ4n) is 3.26. The van der Waals surface area contributed by atoms with E-state index < -0.39 is 0 Å². The van der Waals surface area contributed by atoms with Crippen LogP contribution in [0.2, 0.25) is 0 Å². The SMILES string of the molecule is Cc1ccc2[nH]c(=O)c(-c3cn(CCCN)c4ccccc34)nc2c1. The number of hydrogen-bond acceptors (Lipinski definition) is 3. The minimum Gasteiger partial charge on any atom is -0.347 e. The number of hydrogen-bond donors (Lipinski definition) is 2. The summed E-state index contributed by atoms with van der Waals surface area (Å²) in [7, 11) is 0. The van der Waals surface area contributed by atoms with Crippen molar-refractivity contribution in [2.45, 2.75) is 19.9 Å². The van der Waals surface area contributed by atoms with Crippen molar-refractivity contribution in [2.75, 3.05) is 6.54 Å². The number of aromatic amines is 1. The maximum atomic E-state index is 12.6. The Morgan fingerprint density at radius 2 is 2.04 bits per heavy atom. The van der Waals surface area contributed by atoms with Gasteiger partial charge in [0, 0.05) is 29.2 Å². The molecule has 2 aromatic heterocycles. The van der Waals surface area contributed by atoms with Crippen molar-refractivity contribution in [3.8, 4) is 11.3 Å². The molecule has 0 spiro atoms. The molecule has 0 unspecified atom stereocenters. The third-order valence-electron chi connectivity index (χ3n) is 4.50. The number of nitrogens with one attached hydrogen (secondary N) is 1. The molecule has 0 fully saturated rings. The van der Waals surface area contributed by atoms with E-state index in [4.69, 9.17) is 5.73 Å². The van der Waals surface area contributed by atoms with E-state index in [9.17, 15) is 4.79 Å². The van der Waals surface area contributed by atoms with E-state index in [0.29, 0.717) is 12.2 Å². The predicted octanol–water partition coefficient (Wildman–Crippen LogP) is 3.20. The third-order valence-corrected chi connectivity index (χ3v) is 4.50. The lowest BCUT2D eigenvalue weighted by Crippen LogP contribution is -2.11. The molecule has 0 saturated carbocycles. The maximum absolute atomic E-state index is 12.6. The lowest BCUT2D eigenvalue weighted by molar-refractivity contribution is 0.671. The molecular formula is C20H20N4O. The summed E-state index contributed by atoms with van der Waals surface area (Å²) < 4.78 is 2.15. The van der Waals surface area contributed by atoms with Gasteiger partial charge < -0.3 is 15.3 Å². The van der Waals surface area contributed by atoms with Crippen LogP contribution in [0, 0.1) is 6.92 Å². The largest absolute Gasteiger partial charge is 0.347 e. The molecule has 5 heteroatoms. The van der Waals surface area contributed by atoms with Crippen molar-refractivity contribution in [2.24, 2.45) is 5.73 Å². The lowest BCUT2D eigenvalue weighted by Gasteiger charge is -2.03. The van der Waals surface area contributed by atoms with Gasteiger partial charge in [-0.3, -0.25) is 4.79 Å². The molecule has 0 aliphatic heterocycles. The summed E-state index contributed by atoms with van der Waals surface area (Å²) in [5.74, 6) is 0. The zero-order chi connectivity index (χ0) is 17.4. The van der Waals surface area contributed by atoms with Gasteiger partial charge in [0.15, 0.2) is 0 Å². The molecule has 25 heavy (non-hydrogen) atoms. The van der Waals surface area contributed by atoms with E-state index in [1.165, 1.54) is 0 Å². The van der Waals surface area contributed by atoms with Crippen molar-refractivity contribution < 1.29 is 0 Å². The molecule has 0 saturated heterocycles. The summed E-state index contributed by atoms with van der Waals surface area (Å²) in [6.45, 7) is 3.47. The molecule has 4 rings (SSSR count). The molecule has 5 nitrogen and oxygen atoms in total. The zero-order valence-corrected chi connectivity index (χ0v) is 14.1. The molecule has 0 aliphatic rings. The van der Waals surface area contributed by atoms with E-state index in [2.05, 4.69) is 20.6 Å². The highest BCUT2D eigenvalue weighted by atomic mass is 16.1. The number of aromatic nitrogens is 3. The molecule has 0 aliphatic carbocycles. The molecule has 2 aromatic carbocycles. The second-order valence-corrected chi connectivity index (χ2v) is 6.33. The van der Waals surface area contributed by atoms with Gasteiger partial charge in [-0.15, -0.1) is 0 Å². The Labute approximate surface area is 145 Å². The average molecular weight is 332 g/mol. The summed E-state index contributed by atoms with van der Waals surface area (Å²) in [6.07, 6.45) is 2.90. The van der Waals surface area contributed by atoms with Gasteiger partial charge in [-0.05, 0) is 43.7 Å². The fourth-order valence-corrected chi connectivity index (χ4v) is 3.26. The van der Waals surface area contributed by atoms with E-state index in [1.54, 1.807) is 0 Å². The van der Waals surface area contributed by atoms with Crippen LogP contribution in [0.25, 0.3) is 33.2 Å². The second kappa shape index (κ2) is 6.18. The number of para-hydroxylation sites is 1. The third kappa shape index (κ3) is 2.72.